The predicted octanol–water partition coefficient (Wildman–Crippen LogP) is 3.42. The van der Waals surface area contributed by atoms with Gasteiger partial charge in [0.25, 0.3) is 0 Å². The monoisotopic (exact) mass is 420 g/mol. The average Bonchev–Trinajstić information content (AvgIpc) is 2.66. The molecule has 0 spiro atoms. The Balaban J connectivity index is 1.97. The number of hydrogen-bond acceptors (Lipinski definition) is 6. The van der Waals surface area contributed by atoms with E-state index in [1.165, 1.54) is 31.4 Å². The Hall–Kier alpha value is -2.67. The Morgan fingerprint density at radius 2 is 1.69 bits per heavy atom. The third-order valence-corrected chi connectivity index (χ3v) is 3.74. The van der Waals surface area contributed by atoms with Gasteiger partial charge in [0.1, 0.15) is 16.3 Å². The molecule has 0 saturated carbocycles. The summed E-state index contributed by atoms with van der Waals surface area (Å²) in [7, 11) is 1.51. The molecule has 0 aromatic heterocycles. The highest BCUT2D eigenvalue weighted by Crippen LogP contribution is 2.17. The molecule has 0 N–H and O–H groups in total. The molecule has 6 nitrogen and oxygen atoms in total. The molecule has 26 heavy (non-hydrogen) atoms. The summed E-state index contributed by atoms with van der Waals surface area (Å²) >= 11 is 3.06. The molecule has 0 heterocycles. The summed E-state index contributed by atoms with van der Waals surface area (Å²) in [6.45, 7) is 1.26. The van der Waals surface area contributed by atoms with Gasteiger partial charge in [0.05, 0.1) is 12.7 Å². The Kier molecular flexibility index (Phi) is 6.91. The second-order valence-corrected chi connectivity index (χ2v) is 6.67. The fraction of sp³-hybridized carbons (Fsp3) is 0.211. The van der Waals surface area contributed by atoms with E-state index in [4.69, 9.17) is 14.2 Å². The molecule has 0 unspecified atom stereocenters. The van der Waals surface area contributed by atoms with E-state index >= 15 is 0 Å². The Bertz CT molecular complexity index is 798. The van der Waals surface area contributed by atoms with Gasteiger partial charge < -0.3 is 14.2 Å². The van der Waals surface area contributed by atoms with Gasteiger partial charge >= 0.3 is 11.9 Å². The van der Waals surface area contributed by atoms with E-state index in [0.29, 0.717) is 22.6 Å². The van der Waals surface area contributed by atoms with Crippen molar-refractivity contribution in [3.05, 3.63) is 59.7 Å². The summed E-state index contributed by atoms with van der Waals surface area (Å²) in [6, 6.07) is 12.6. The van der Waals surface area contributed by atoms with Crippen molar-refractivity contribution in [1.29, 1.82) is 0 Å². The van der Waals surface area contributed by atoms with Crippen LogP contribution in [0.1, 0.15) is 27.6 Å². The van der Waals surface area contributed by atoms with Gasteiger partial charge in [0, 0.05) is 5.56 Å². The minimum absolute atomic E-state index is 0.292. The number of carbonyl (C=O) groups excluding carboxylic acids is 3. The lowest BCUT2D eigenvalue weighted by atomic mass is 10.1. The molecule has 0 fully saturated rings. The van der Waals surface area contributed by atoms with E-state index in [1.54, 1.807) is 31.2 Å². The molecule has 2 aromatic carbocycles. The molecule has 2 rings (SSSR count). The van der Waals surface area contributed by atoms with Crippen LogP contribution < -0.4 is 9.47 Å². The maximum Gasteiger partial charge on any atom is 0.343 e. The molecule has 136 valence electrons. The van der Waals surface area contributed by atoms with Gasteiger partial charge in [-0.3, -0.25) is 9.59 Å². The van der Waals surface area contributed by atoms with E-state index in [2.05, 4.69) is 15.9 Å². The van der Waals surface area contributed by atoms with E-state index in [1.807, 2.05) is 0 Å². The molecular formula is C19H17BrO6. The first-order valence-electron chi connectivity index (χ1n) is 7.71. The molecule has 0 aliphatic carbocycles. The van der Waals surface area contributed by atoms with Crippen LogP contribution in [0.25, 0.3) is 0 Å². The van der Waals surface area contributed by atoms with E-state index in [0.717, 1.165) is 0 Å². The van der Waals surface area contributed by atoms with Crippen LogP contribution in [0.3, 0.4) is 0 Å². The minimum Gasteiger partial charge on any atom is -0.497 e. The number of methoxy groups -OCH3 is 1. The molecule has 0 amide bonds. The van der Waals surface area contributed by atoms with Crippen molar-refractivity contribution >= 4 is 33.7 Å². The molecule has 0 aliphatic heterocycles. The second kappa shape index (κ2) is 9.15. The minimum atomic E-state index is -0.539. The number of Topliss-reactive ketones (excluding diaryl/α,β-unsaturated/α-hetero) is 1. The third kappa shape index (κ3) is 5.42. The highest BCUT2D eigenvalue weighted by atomic mass is 79.9. The highest BCUT2D eigenvalue weighted by molar-refractivity contribution is 9.10. The Labute approximate surface area is 159 Å². The van der Waals surface area contributed by atoms with Crippen LogP contribution >= 0.6 is 15.9 Å². The fourth-order valence-electron chi connectivity index (χ4n) is 1.96. The van der Waals surface area contributed by atoms with Crippen molar-refractivity contribution in [3.63, 3.8) is 0 Å². The Morgan fingerprint density at radius 1 is 1.00 bits per heavy atom. The first-order valence-corrected chi connectivity index (χ1v) is 8.62. The Morgan fingerprint density at radius 3 is 2.31 bits per heavy atom. The lowest BCUT2D eigenvalue weighted by molar-refractivity contribution is -0.141. The topological polar surface area (TPSA) is 78.9 Å². The summed E-state index contributed by atoms with van der Waals surface area (Å²) in [4.78, 5) is 35.0. The van der Waals surface area contributed by atoms with E-state index in [-0.39, 0.29) is 12.4 Å². The van der Waals surface area contributed by atoms with Gasteiger partial charge in [0.2, 0.25) is 0 Å². The summed E-state index contributed by atoms with van der Waals surface area (Å²) < 4.78 is 15.2. The molecule has 0 bridgehead atoms. The first-order chi connectivity index (χ1) is 12.4. The number of carbonyl (C=O) groups is 3. The molecule has 1 atom stereocenters. The zero-order chi connectivity index (χ0) is 19.1. The van der Waals surface area contributed by atoms with Gasteiger partial charge in [-0.1, -0.05) is 22.0 Å². The summed E-state index contributed by atoms with van der Waals surface area (Å²) in [5, 5.41) is 0. The van der Waals surface area contributed by atoms with Crippen molar-refractivity contribution in [2.24, 2.45) is 0 Å². The van der Waals surface area contributed by atoms with Gasteiger partial charge in [-0.15, -0.1) is 0 Å². The summed E-state index contributed by atoms with van der Waals surface area (Å²) in [5.41, 5.74) is 0.696. The maximum absolute atomic E-state index is 12.1. The summed E-state index contributed by atoms with van der Waals surface area (Å²) in [6.07, 6.45) is 0. The normalized spacial score (nSPS) is 11.3. The van der Waals surface area contributed by atoms with Gasteiger partial charge in [-0.05, 0) is 49.4 Å². The van der Waals surface area contributed by atoms with E-state index < -0.39 is 16.8 Å². The maximum atomic E-state index is 12.1. The third-order valence-electron chi connectivity index (χ3n) is 3.36. The van der Waals surface area contributed by atoms with Crippen LogP contribution in [0.15, 0.2) is 48.5 Å². The fourth-order valence-corrected chi connectivity index (χ4v) is 2.09. The molecule has 0 radical (unpaired) electrons. The molecular weight excluding hydrogens is 404 g/mol. The lowest BCUT2D eigenvalue weighted by Crippen LogP contribution is -2.19. The van der Waals surface area contributed by atoms with Crippen molar-refractivity contribution < 1.29 is 28.6 Å². The number of ether oxygens (including phenoxy) is 3. The number of ketones is 1. The lowest BCUT2D eigenvalue weighted by Gasteiger charge is -2.07. The van der Waals surface area contributed by atoms with Crippen molar-refractivity contribution in [2.45, 2.75) is 11.8 Å². The van der Waals surface area contributed by atoms with Gasteiger partial charge in [0.15, 0.2) is 12.4 Å². The van der Waals surface area contributed by atoms with Crippen LogP contribution in [-0.2, 0) is 9.53 Å². The zero-order valence-corrected chi connectivity index (χ0v) is 15.8. The largest absolute Gasteiger partial charge is 0.497 e. The van der Waals surface area contributed by atoms with Crippen molar-refractivity contribution in [2.75, 3.05) is 13.7 Å². The molecule has 2 aromatic rings. The van der Waals surface area contributed by atoms with Crippen molar-refractivity contribution in [3.8, 4) is 11.5 Å². The quantitative estimate of drug-likeness (QED) is 0.295. The number of esters is 2. The predicted molar refractivity (Wildman–Crippen MR) is 98.1 cm³/mol. The van der Waals surface area contributed by atoms with Gasteiger partial charge in [-0.25, -0.2) is 4.79 Å². The molecule has 0 saturated heterocycles. The van der Waals surface area contributed by atoms with Crippen LogP contribution in [-0.4, -0.2) is 36.3 Å². The molecule has 0 aliphatic rings. The van der Waals surface area contributed by atoms with Gasteiger partial charge in [-0.2, -0.15) is 0 Å². The summed E-state index contributed by atoms with van der Waals surface area (Å²) in [5.74, 6) is -0.559. The van der Waals surface area contributed by atoms with Crippen LogP contribution in [0.4, 0.5) is 0 Å². The van der Waals surface area contributed by atoms with Crippen LogP contribution in [0, 0.1) is 0 Å². The molecule has 7 heteroatoms. The first kappa shape index (κ1) is 19.7. The number of alkyl halides is 1. The zero-order valence-electron chi connectivity index (χ0n) is 14.2. The number of benzene rings is 2. The number of rotatable bonds is 7. The smallest absolute Gasteiger partial charge is 0.343 e. The standard InChI is InChI=1S/C19H17BrO6/c1-12(20)18(22)25-11-17(21)13-6-8-15(9-7-13)26-19(23)14-4-3-5-16(10-14)24-2/h3-10,12H,11H2,1-2H3/t12-/m1/s1. The van der Waals surface area contributed by atoms with Crippen LogP contribution in [0.2, 0.25) is 0 Å². The number of hydrogen-bond donors (Lipinski definition) is 0. The van der Waals surface area contributed by atoms with E-state index in [9.17, 15) is 14.4 Å². The van der Waals surface area contributed by atoms with Crippen LogP contribution in [0.5, 0.6) is 11.5 Å². The SMILES string of the molecule is COc1cccc(C(=O)Oc2ccc(C(=O)COC(=O)[C@@H](C)Br)cc2)c1. The van der Waals surface area contributed by atoms with Crippen molar-refractivity contribution in [1.82, 2.24) is 0 Å². The second-order valence-electron chi connectivity index (χ2n) is 5.29. The highest BCUT2D eigenvalue weighted by Gasteiger charge is 2.14. The average molecular weight is 421 g/mol. The number of halogens is 1.